The van der Waals surface area contributed by atoms with E-state index in [9.17, 15) is 0 Å². The van der Waals surface area contributed by atoms with E-state index < -0.39 is 0 Å². The van der Waals surface area contributed by atoms with Gasteiger partial charge in [-0.3, -0.25) is 0 Å². The molecule has 0 rings (SSSR count). The van der Waals surface area contributed by atoms with Crippen molar-refractivity contribution in [1.29, 1.82) is 0 Å². The molecular formula is C36H78ClN. The van der Waals surface area contributed by atoms with Gasteiger partial charge in [-0.1, -0.05) is 232 Å². The van der Waals surface area contributed by atoms with Gasteiger partial charge in [-0.25, -0.2) is 0 Å². The average molecular weight is 560 g/mol. The largest absolute Gasteiger partial charge is 1.00 e. The number of hydrogen-bond donors (Lipinski definition) is 1. The molecule has 0 bridgehead atoms. The smallest absolute Gasteiger partial charge is 0.0533 e. The molecule has 1 nitrogen and oxygen atoms in total. The first-order valence-corrected chi connectivity index (χ1v) is 17.9. The molecule has 38 heavy (non-hydrogen) atoms. The molecule has 0 saturated heterocycles. The average Bonchev–Trinajstić information content (AvgIpc) is 2.89. The quantitative estimate of drug-likeness (QED) is 0.0776. The Morgan fingerprint density at radius 3 is 0.342 bits per heavy atom. The molecule has 0 amide bonds. The highest BCUT2D eigenvalue weighted by Gasteiger charge is 1.97. The zero-order valence-electron chi connectivity index (χ0n) is 27.4. The lowest BCUT2D eigenvalue weighted by Crippen LogP contribution is -3.00. The summed E-state index contributed by atoms with van der Waals surface area (Å²) < 4.78 is 0. The van der Waals surface area contributed by atoms with Crippen LogP contribution in [0.5, 0.6) is 0 Å². The predicted molar refractivity (Wildman–Crippen MR) is 174 cm³/mol. The highest BCUT2D eigenvalue weighted by atomic mass is 35.5. The Hall–Kier alpha value is 0.250. The van der Waals surface area contributed by atoms with Crippen molar-refractivity contribution in [1.82, 2.24) is 6.15 Å². The second-order valence-electron chi connectivity index (χ2n) is 12.3. The van der Waals surface area contributed by atoms with Crippen molar-refractivity contribution < 1.29 is 12.4 Å². The van der Waals surface area contributed by atoms with Crippen molar-refractivity contribution in [3.63, 3.8) is 0 Å². The van der Waals surface area contributed by atoms with Crippen molar-refractivity contribution >= 4 is 0 Å². The normalized spacial score (nSPS) is 10.9. The van der Waals surface area contributed by atoms with Crippen LogP contribution in [-0.4, -0.2) is 0 Å². The molecule has 0 aromatic rings. The molecule has 0 heterocycles. The lowest BCUT2D eigenvalue weighted by Gasteiger charge is -2.05. The second-order valence-corrected chi connectivity index (χ2v) is 12.3. The van der Waals surface area contributed by atoms with Gasteiger partial charge >= 0.3 is 0 Å². The Morgan fingerprint density at radius 1 is 0.184 bits per heavy atom. The third kappa shape index (κ3) is 40.7. The first kappa shape index (κ1) is 42.7. The molecule has 0 aromatic carbocycles. The van der Waals surface area contributed by atoms with Gasteiger partial charge < -0.3 is 18.6 Å². The van der Waals surface area contributed by atoms with Gasteiger partial charge in [0, 0.05) is 0 Å². The molecule has 0 spiro atoms. The van der Waals surface area contributed by atoms with Crippen molar-refractivity contribution in [2.24, 2.45) is 0 Å². The maximum absolute atomic E-state index is 2.31. The van der Waals surface area contributed by atoms with Crippen LogP contribution in [0.4, 0.5) is 0 Å². The van der Waals surface area contributed by atoms with Crippen LogP contribution in [0.1, 0.15) is 232 Å². The minimum Gasteiger partial charge on any atom is -1.00 e. The fourth-order valence-electron chi connectivity index (χ4n) is 5.80. The maximum Gasteiger partial charge on any atom is -0.0533 e. The van der Waals surface area contributed by atoms with Gasteiger partial charge in [-0.15, -0.1) is 0 Å². The first-order chi connectivity index (χ1) is 17.9. The summed E-state index contributed by atoms with van der Waals surface area (Å²) in [5, 5.41) is 0. The topological polar surface area (TPSA) is 36.5 Å². The molecule has 0 aromatic heterocycles. The summed E-state index contributed by atoms with van der Waals surface area (Å²) >= 11 is 0. The summed E-state index contributed by atoms with van der Waals surface area (Å²) in [6.45, 7) is 4.62. The number of halogens is 1. The van der Waals surface area contributed by atoms with Gasteiger partial charge in [0.2, 0.25) is 0 Å². The maximum atomic E-state index is 2.31. The minimum atomic E-state index is 0. The molecule has 2 heteroatoms. The fourth-order valence-corrected chi connectivity index (χ4v) is 5.80. The molecule has 0 aliphatic heterocycles. The van der Waals surface area contributed by atoms with Crippen molar-refractivity contribution in [2.75, 3.05) is 0 Å². The molecular weight excluding hydrogens is 482 g/mol. The summed E-state index contributed by atoms with van der Waals surface area (Å²) in [5.74, 6) is 0. The van der Waals surface area contributed by atoms with Crippen LogP contribution in [0.2, 0.25) is 0 Å². The second kappa shape index (κ2) is 41.7. The van der Waals surface area contributed by atoms with Crippen LogP contribution >= 0.6 is 0 Å². The van der Waals surface area contributed by atoms with E-state index >= 15 is 0 Å². The summed E-state index contributed by atoms with van der Waals surface area (Å²) in [5.41, 5.74) is 0. The summed E-state index contributed by atoms with van der Waals surface area (Å²) in [6.07, 6.45) is 50.4. The molecule has 0 atom stereocenters. The van der Waals surface area contributed by atoms with E-state index in [1.165, 1.54) is 218 Å². The van der Waals surface area contributed by atoms with E-state index in [0.29, 0.717) is 0 Å². The van der Waals surface area contributed by atoms with E-state index in [2.05, 4.69) is 13.8 Å². The van der Waals surface area contributed by atoms with E-state index in [0.717, 1.165) is 0 Å². The number of hydrogen-bond acceptors (Lipinski definition) is 0. The van der Waals surface area contributed by atoms with Gasteiger partial charge in [-0.05, 0) is 0 Å². The van der Waals surface area contributed by atoms with Crippen molar-refractivity contribution in [3.05, 3.63) is 0 Å². The number of rotatable bonds is 33. The van der Waals surface area contributed by atoms with E-state index in [1.807, 2.05) is 0 Å². The zero-order valence-corrected chi connectivity index (χ0v) is 28.2. The minimum absolute atomic E-state index is 0. The standard InChI is InChI=1S/C36H74.ClH.H3N/c1-3-5-7-9-11-13-15-17-19-21-23-25-27-29-31-33-35-36-34-32-30-28-26-24-22-20-18-16-14-12-10-8-6-4-2;;/h3-36H2,1-2H3;1H;1H3. The molecule has 0 unspecified atom stereocenters. The summed E-state index contributed by atoms with van der Waals surface area (Å²) in [7, 11) is 0. The monoisotopic (exact) mass is 560 g/mol. The lowest BCUT2D eigenvalue weighted by atomic mass is 10.0. The van der Waals surface area contributed by atoms with Crippen LogP contribution in [-0.2, 0) is 0 Å². The Labute approximate surface area is 250 Å². The summed E-state index contributed by atoms with van der Waals surface area (Å²) in [4.78, 5) is 0. The fraction of sp³-hybridized carbons (Fsp3) is 1.00. The van der Waals surface area contributed by atoms with Gasteiger partial charge in [0.1, 0.15) is 0 Å². The highest BCUT2D eigenvalue weighted by Crippen LogP contribution is 2.17. The van der Waals surface area contributed by atoms with Crippen LogP contribution < -0.4 is 18.6 Å². The third-order valence-electron chi connectivity index (χ3n) is 8.46. The lowest BCUT2D eigenvalue weighted by molar-refractivity contribution is -0.00000854. The highest BCUT2D eigenvalue weighted by molar-refractivity contribution is 4.52. The van der Waals surface area contributed by atoms with E-state index in [1.54, 1.807) is 0 Å². The molecule has 0 aliphatic rings. The third-order valence-corrected chi connectivity index (χ3v) is 8.46. The molecule has 0 fully saturated rings. The summed E-state index contributed by atoms with van der Waals surface area (Å²) in [6, 6.07) is 0. The van der Waals surface area contributed by atoms with Crippen LogP contribution in [0.25, 0.3) is 0 Å². The van der Waals surface area contributed by atoms with Crippen molar-refractivity contribution in [2.45, 2.75) is 232 Å². The van der Waals surface area contributed by atoms with Crippen LogP contribution in [0.3, 0.4) is 0 Å². The van der Waals surface area contributed by atoms with Gasteiger partial charge in [0.05, 0.1) is 0 Å². The van der Waals surface area contributed by atoms with Gasteiger partial charge in [-0.2, -0.15) is 0 Å². The Bertz CT molecular complexity index is 325. The van der Waals surface area contributed by atoms with Gasteiger partial charge in [0.25, 0.3) is 0 Å². The van der Waals surface area contributed by atoms with E-state index in [4.69, 9.17) is 0 Å². The number of unbranched alkanes of at least 4 members (excludes halogenated alkanes) is 33. The number of quaternary nitrogens is 1. The molecule has 0 radical (unpaired) electrons. The van der Waals surface area contributed by atoms with E-state index in [-0.39, 0.29) is 18.6 Å². The predicted octanol–water partition coefficient (Wildman–Crippen LogP) is 11.7. The first-order valence-electron chi connectivity index (χ1n) is 17.9. The van der Waals surface area contributed by atoms with Crippen LogP contribution in [0.15, 0.2) is 0 Å². The zero-order chi connectivity index (χ0) is 26.0. The Kier molecular flexibility index (Phi) is 46.9. The molecule has 0 aliphatic carbocycles. The SMILES string of the molecule is CCCCCCCCCCCCCCCCCCCCCCCCCCCCCCCCCCCC.[Cl-].[NH4+]. The van der Waals surface area contributed by atoms with Crippen molar-refractivity contribution in [3.8, 4) is 0 Å². The molecule has 234 valence electrons. The Morgan fingerprint density at radius 2 is 0.263 bits per heavy atom. The Balaban J connectivity index is -0.00000612. The molecule has 0 saturated carbocycles. The molecule has 4 N–H and O–H groups in total. The van der Waals surface area contributed by atoms with Crippen LogP contribution in [0, 0.1) is 0 Å². The van der Waals surface area contributed by atoms with Gasteiger partial charge in [0.15, 0.2) is 0 Å².